The minimum atomic E-state index is -0.0170. The summed E-state index contributed by atoms with van der Waals surface area (Å²) in [6.07, 6.45) is 2.67. The molecule has 3 aromatic rings. The molecule has 0 amide bonds. The number of nitrogen functional groups attached to an aromatic ring is 1. The van der Waals surface area contributed by atoms with E-state index in [1.807, 2.05) is 6.07 Å². The van der Waals surface area contributed by atoms with Crippen LogP contribution in [0.1, 0.15) is 17.0 Å². The maximum absolute atomic E-state index is 12.5. The van der Waals surface area contributed by atoms with Crippen LogP contribution in [-0.2, 0) is 13.0 Å². The molecule has 1 aromatic heterocycles. The quantitative estimate of drug-likeness (QED) is 0.731. The number of rotatable bonds is 2. The van der Waals surface area contributed by atoms with Gasteiger partial charge in [0.1, 0.15) is 0 Å². The predicted octanol–water partition coefficient (Wildman–Crippen LogP) is 2.32. The summed E-state index contributed by atoms with van der Waals surface area (Å²) < 4.78 is 1.70. The first-order valence-corrected chi connectivity index (χ1v) is 7.05. The minimum absolute atomic E-state index is 0.0170. The molecule has 0 saturated heterocycles. The number of hydrogen-bond acceptors (Lipinski definition) is 3. The fourth-order valence-corrected chi connectivity index (χ4v) is 3.07. The summed E-state index contributed by atoms with van der Waals surface area (Å²) in [5.74, 6) is 0.402. The molecule has 0 radical (unpaired) electrons. The van der Waals surface area contributed by atoms with Gasteiger partial charge in [0.25, 0.3) is 5.56 Å². The van der Waals surface area contributed by atoms with Crippen molar-refractivity contribution in [2.24, 2.45) is 0 Å². The Labute approximate surface area is 121 Å². The molecule has 104 valence electrons. The molecular weight excluding hydrogens is 262 g/mol. The van der Waals surface area contributed by atoms with Gasteiger partial charge in [-0.05, 0) is 35.7 Å². The van der Waals surface area contributed by atoms with Crippen LogP contribution in [0.3, 0.4) is 0 Å². The molecule has 2 aromatic carbocycles. The first-order valence-electron chi connectivity index (χ1n) is 7.05. The van der Waals surface area contributed by atoms with Gasteiger partial charge in [0, 0.05) is 18.2 Å². The van der Waals surface area contributed by atoms with Crippen molar-refractivity contribution in [3.63, 3.8) is 0 Å². The first kappa shape index (κ1) is 12.1. The van der Waals surface area contributed by atoms with E-state index in [-0.39, 0.29) is 5.56 Å². The summed E-state index contributed by atoms with van der Waals surface area (Å²) in [6.45, 7) is 0.674. The molecule has 1 unspecified atom stereocenters. The minimum Gasteiger partial charge on any atom is -0.399 e. The van der Waals surface area contributed by atoms with E-state index in [1.54, 1.807) is 29.1 Å². The molecule has 0 aliphatic heterocycles. The van der Waals surface area contributed by atoms with E-state index in [0.717, 1.165) is 6.42 Å². The molecule has 2 N–H and O–H groups in total. The predicted molar refractivity (Wildman–Crippen MR) is 83.3 cm³/mol. The summed E-state index contributed by atoms with van der Waals surface area (Å²) >= 11 is 0. The van der Waals surface area contributed by atoms with Crippen molar-refractivity contribution in [2.45, 2.75) is 18.9 Å². The second kappa shape index (κ2) is 4.45. The smallest absolute Gasteiger partial charge is 0.261 e. The molecule has 1 atom stereocenters. The van der Waals surface area contributed by atoms with Crippen LogP contribution in [0.2, 0.25) is 0 Å². The van der Waals surface area contributed by atoms with Gasteiger partial charge in [0.05, 0.1) is 17.2 Å². The van der Waals surface area contributed by atoms with Crippen molar-refractivity contribution in [1.29, 1.82) is 0 Å². The van der Waals surface area contributed by atoms with E-state index < -0.39 is 0 Å². The van der Waals surface area contributed by atoms with E-state index in [2.05, 4.69) is 23.2 Å². The number of fused-ring (bicyclic) bond motifs is 2. The fourth-order valence-electron chi connectivity index (χ4n) is 3.07. The lowest BCUT2D eigenvalue weighted by molar-refractivity contribution is 0.496. The van der Waals surface area contributed by atoms with Gasteiger partial charge in [0.2, 0.25) is 0 Å². The first-order chi connectivity index (χ1) is 10.2. The Kier molecular flexibility index (Phi) is 2.57. The largest absolute Gasteiger partial charge is 0.399 e. The van der Waals surface area contributed by atoms with E-state index in [0.29, 0.717) is 29.1 Å². The molecule has 1 aliphatic carbocycles. The Hall–Kier alpha value is -2.62. The highest BCUT2D eigenvalue weighted by molar-refractivity contribution is 5.80. The van der Waals surface area contributed by atoms with E-state index in [4.69, 9.17) is 5.73 Å². The van der Waals surface area contributed by atoms with Crippen LogP contribution in [0.25, 0.3) is 10.9 Å². The van der Waals surface area contributed by atoms with E-state index in [9.17, 15) is 4.79 Å². The Bertz CT molecular complexity index is 898. The van der Waals surface area contributed by atoms with Crippen molar-refractivity contribution in [3.8, 4) is 0 Å². The van der Waals surface area contributed by atoms with Crippen molar-refractivity contribution in [1.82, 2.24) is 9.55 Å². The van der Waals surface area contributed by atoms with Crippen molar-refractivity contribution >= 4 is 16.6 Å². The van der Waals surface area contributed by atoms with Gasteiger partial charge in [0.15, 0.2) is 0 Å². The van der Waals surface area contributed by atoms with Gasteiger partial charge >= 0.3 is 0 Å². The highest BCUT2D eigenvalue weighted by Crippen LogP contribution is 2.35. The molecule has 0 bridgehead atoms. The zero-order valence-electron chi connectivity index (χ0n) is 11.5. The van der Waals surface area contributed by atoms with Gasteiger partial charge < -0.3 is 5.73 Å². The Balaban J connectivity index is 1.72. The third-order valence-corrected chi connectivity index (χ3v) is 4.23. The number of aromatic nitrogens is 2. The van der Waals surface area contributed by atoms with Crippen molar-refractivity contribution < 1.29 is 0 Å². The molecule has 21 heavy (non-hydrogen) atoms. The Morgan fingerprint density at radius 2 is 2.10 bits per heavy atom. The Morgan fingerprint density at radius 3 is 2.95 bits per heavy atom. The van der Waals surface area contributed by atoms with Crippen molar-refractivity contribution in [3.05, 3.63) is 70.3 Å². The molecule has 0 fully saturated rings. The standard InChI is InChI=1S/C17H15N3O/c18-13-5-6-16-15(8-13)17(21)20(10-19-16)9-12-7-11-3-1-2-4-14(11)12/h1-6,8,10,12H,7,9,18H2. The monoisotopic (exact) mass is 277 g/mol. The average Bonchev–Trinajstić information content (AvgIpc) is 2.47. The second-order valence-corrected chi connectivity index (χ2v) is 5.58. The van der Waals surface area contributed by atoms with Gasteiger partial charge in [-0.1, -0.05) is 24.3 Å². The van der Waals surface area contributed by atoms with Crippen LogP contribution < -0.4 is 11.3 Å². The lowest BCUT2D eigenvalue weighted by Crippen LogP contribution is -2.28. The second-order valence-electron chi connectivity index (χ2n) is 5.58. The van der Waals surface area contributed by atoms with Gasteiger partial charge in [-0.15, -0.1) is 0 Å². The van der Waals surface area contributed by atoms with Gasteiger partial charge in [-0.2, -0.15) is 0 Å². The van der Waals surface area contributed by atoms with Crippen LogP contribution in [-0.4, -0.2) is 9.55 Å². The molecular formula is C17H15N3O. The topological polar surface area (TPSA) is 60.9 Å². The molecule has 4 rings (SSSR count). The SMILES string of the molecule is Nc1ccc2ncn(CC3Cc4ccccc43)c(=O)c2c1. The molecule has 1 heterocycles. The number of benzene rings is 2. The molecule has 4 heteroatoms. The van der Waals surface area contributed by atoms with Gasteiger partial charge in [-0.3, -0.25) is 9.36 Å². The maximum atomic E-state index is 12.5. The zero-order chi connectivity index (χ0) is 14.4. The molecule has 0 spiro atoms. The van der Waals surface area contributed by atoms with Crippen LogP contribution in [0.15, 0.2) is 53.6 Å². The summed E-state index contributed by atoms with van der Waals surface area (Å²) in [5.41, 5.74) is 9.76. The number of anilines is 1. The lowest BCUT2D eigenvalue weighted by atomic mass is 9.77. The number of nitrogens with zero attached hydrogens (tertiary/aromatic N) is 2. The highest BCUT2D eigenvalue weighted by Gasteiger charge is 2.26. The molecule has 4 nitrogen and oxygen atoms in total. The van der Waals surface area contributed by atoms with Crippen LogP contribution in [0.4, 0.5) is 5.69 Å². The third kappa shape index (κ3) is 1.91. The van der Waals surface area contributed by atoms with Crippen molar-refractivity contribution in [2.75, 3.05) is 5.73 Å². The Morgan fingerprint density at radius 1 is 1.24 bits per heavy atom. The van der Waals surface area contributed by atoms with Crippen LogP contribution in [0, 0.1) is 0 Å². The summed E-state index contributed by atoms with van der Waals surface area (Å²) in [7, 11) is 0. The fraction of sp³-hybridized carbons (Fsp3) is 0.176. The zero-order valence-corrected chi connectivity index (χ0v) is 11.5. The lowest BCUT2D eigenvalue weighted by Gasteiger charge is -2.30. The molecule has 1 aliphatic rings. The summed E-state index contributed by atoms with van der Waals surface area (Å²) in [4.78, 5) is 16.9. The number of nitrogens with two attached hydrogens (primary N) is 1. The third-order valence-electron chi connectivity index (χ3n) is 4.23. The van der Waals surface area contributed by atoms with Gasteiger partial charge in [-0.25, -0.2) is 4.98 Å². The average molecular weight is 277 g/mol. The maximum Gasteiger partial charge on any atom is 0.261 e. The number of hydrogen-bond donors (Lipinski definition) is 1. The molecule has 0 saturated carbocycles. The van der Waals surface area contributed by atoms with Crippen LogP contribution >= 0.6 is 0 Å². The highest BCUT2D eigenvalue weighted by atomic mass is 16.1. The van der Waals surface area contributed by atoms with Crippen LogP contribution in [0.5, 0.6) is 0 Å². The van der Waals surface area contributed by atoms with E-state index >= 15 is 0 Å². The summed E-state index contributed by atoms with van der Waals surface area (Å²) in [6, 6.07) is 13.6. The van der Waals surface area contributed by atoms with E-state index in [1.165, 1.54) is 11.1 Å². The summed E-state index contributed by atoms with van der Waals surface area (Å²) in [5, 5.41) is 0.588. The normalized spacial score (nSPS) is 16.5.